The van der Waals surface area contributed by atoms with Gasteiger partial charge in [-0.3, -0.25) is 0 Å². The van der Waals surface area contributed by atoms with Crippen LogP contribution in [0.3, 0.4) is 0 Å². The maximum Gasteiger partial charge on any atom is 0.0809 e. The van der Waals surface area contributed by atoms with Gasteiger partial charge in [0.1, 0.15) is 0 Å². The van der Waals surface area contributed by atoms with Gasteiger partial charge in [-0.25, -0.2) is 0 Å². The lowest BCUT2D eigenvalue weighted by Crippen LogP contribution is -1.98. The van der Waals surface area contributed by atoms with Gasteiger partial charge in [0.15, 0.2) is 0 Å². The molecule has 16 heavy (non-hydrogen) atoms. The molecule has 0 spiro atoms. The predicted octanol–water partition coefficient (Wildman–Crippen LogP) is 2.62. The van der Waals surface area contributed by atoms with Crippen LogP contribution >= 0.6 is 11.3 Å². The van der Waals surface area contributed by atoms with E-state index in [1.54, 1.807) is 11.3 Å². The summed E-state index contributed by atoms with van der Waals surface area (Å²) in [7, 11) is 0. The molecule has 0 fully saturated rings. The van der Waals surface area contributed by atoms with Crippen LogP contribution in [-0.2, 0) is 11.3 Å². The van der Waals surface area contributed by atoms with Crippen LogP contribution in [0.2, 0.25) is 0 Å². The monoisotopic (exact) mass is 237 g/mol. The first-order valence-corrected chi connectivity index (χ1v) is 6.39. The van der Waals surface area contributed by atoms with Crippen molar-refractivity contribution in [1.82, 2.24) is 0 Å². The second-order valence-electron chi connectivity index (χ2n) is 4.01. The standard InChI is InChI=1S/C13H19NOS/c1-11(2)7-9-15-10-13-6-5-12(16-13)4-3-8-14/h5-6,11H,7-10,14H2,1-2H3. The summed E-state index contributed by atoms with van der Waals surface area (Å²) < 4.78 is 5.59. The van der Waals surface area contributed by atoms with E-state index in [4.69, 9.17) is 10.5 Å². The minimum absolute atomic E-state index is 0.415. The van der Waals surface area contributed by atoms with Crippen molar-refractivity contribution in [3.05, 3.63) is 21.9 Å². The Morgan fingerprint density at radius 3 is 2.94 bits per heavy atom. The van der Waals surface area contributed by atoms with Crippen molar-refractivity contribution in [3.8, 4) is 11.8 Å². The van der Waals surface area contributed by atoms with E-state index in [1.165, 1.54) is 4.88 Å². The number of thiophene rings is 1. The molecule has 0 radical (unpaired) electrons. The molecule has 0 unspecified atom stereocenters. The highest BCUT2D eigenvalue weighted by molar-refractivity contribution is 7.12. The van der Waals surface area contributed by atoms with E-state index in [0.29, 0.717) is 19.1 Å². The van der Waals surface area contributed by atoms with Crippen LogP contribution in [0.4, 0.5) is 0 Å². The van der Waals surface area contributed by atoms with Gasteiger partial charge in [0.05, 0.1) is 18.0 Å². The lowest BCUT2D eigenvalue weighted by atomic mass is 10.1. The van der Waals surface area contributed by atoms with Gasteiger partial charge in [0.2, 0.25) is 0 Å². The van der Waals surface area contributed by atoms with E-state index in [1.807, 2.05) is 6.07 Å². The Balaban J connectivity index is 2.29. The second-order valence-corrected chi connectivity index (χ2v) is 5.18. The van der Waals surface area contributed by atoms with Gasteiger partial charge in [-0.15, -0.1) is 11.3 Å². The van der Waals surface area contributed by atoms with Gasteiger partial charge in [-0.2, -0.15) is 0 Å². The third-order valence-electron chi connectivity index (χ3n) is 2.06. The Bertz CT molecular complexity index is 359. The highest BCUT2D eigenvalue weighted by Gasteiger charge is 1.99. The van der Waals surface area contributed by atoms with E-state index in [9.17, 15) is 0 Å². The minimum Gasteiger partial charge on any atom is -0.376 e. The average molecular weight is 237 g/mol. The molecule has 3 heteroatoms. The fourth-order valence-electron chi connectivity index (χ4n) is 1.15. The summed E-state index contributed by atoms with van der Waals surface area (Å²) in [6, 6.07) is 4.09. The van der Waals surface area contributed by atoms with Gasteiger partial charge in [-0.1, -0.05) is 25.7 Å². The van der Waals surface area contributed by atoms with E-state index >= 15 is 0 Å². The number of nitrogens with two attached hydrogens (primary N) is 1. The predicted molar refractivity (Wildman–Crippen MR) is 69.4 cm³/mol. The molecule has 2 N–H and O–H groups in total. The van der Waals surface area contributed by atoms with Crippen LogP contribution < -0.4 is 5.73 Å². The molecule has 0 aliphatic carbocycles. The Labute approximate surface area is 102 Å². The summed E-state index contributed by atoms with van der Waals surface area (Å²) >= 11 is 1.68. The second kappa shape index (κ2) is 7.45. The summed E-state index contributed by atoms with van der Waals surface area (Å²) in [4.78, 5) is 2.29. The minimum atomic E-state index is 0.415. The normalized spacial score (nSPS) is 10.2. The molecule has 1 heterocycles. The Kier molecular flexibility index (Phi) is 6.17. The van der Waals surface area contributed by atoms with Crippen molar-refractivity contribution < 1.29 is 4.74 Å². The zero-order valence-corrected chi connectivity index (χ0v) is 10.8. The van der Waals surface area contributed by atoms with Gasteiger partial charge in [0.25, 0.3) is 0 Å². The Hall–Kier alpha value is -0.820. The smallest absolute Gasteiger partial charge is 0.0809 e. The van der Waals surface area contributed by atoms with Crippen molar-refractivity contribution in [1.29, 1.82) is 0 Å². The summed E-state index contributed by atoms with van der Waals surface area (Å²) in [5.41, 5.74) is 5.32. The Morgan fingerprint density at radius 1 is 1.44 bits per heavy atom. The molecule has 1 rings (SSSR count). The maximum absolute atomic E-state index is 5.59. The first kappa shape index (κ1) is 13.2. The van der Waals surface area contributed by atoms with Crippen molar-refractivity contribution in [2.24, 2.45) is 11.7 Å². The van der Waals surface area contributed by atoms with Crippen LogP contribution in [0, 0.1) is 17.8 Å². The molecular formula is C13H19NOS. The topological polar surface area (TPSA) is 35.2 Å². The fraction of sp³-hybridized carbons (Fsp3) is 0.538. The van der Waals surface area contributed by atoms with Crippen LogP contribution in [0.15, 0.2) is 12.1 Å². The molecule has 0 saturated carbocycles. The number of rotatable bonds is 5. The van der Waals surface area contributed by atoms with E-state index in [-0.39, 0.29) is 0 Å². The first-order valence-electron chi connectivity index (χ1n) is 5.57. The lowest BCUT2D eigenvalue weighted by Gasteiger charge is -2.04. The third kappa shape index (κ3) is 5.32. The van der Waals surface area contributed by atoms with Crippen molar-refractivity contribution >= 4 is 11.3 Å². The molecule has 1 aromatic heterocycles. The number of ether oxygens (including phenoxy) is 1. The van der Waals surface area contributed by atoms with Crippen LogP contribution in [0.1, 0.15) is 30.0 Å². The SMILES string of the molecule is CC(C)CCOCc1ccc(C#CCN)s1. The van der Waals surface area contributed by atoms with E-state index in [2.05, 4.69) is 31.8 Å². The lowest BCUT2D eigenvalue weighted by molar-refractivity contribution is 0.112. The highest BCUT2D eigenvalue weighted by Crippen LogP contribution is 2.16. The third-order valence-corrected chi connectivity index (χ3v) is 3.03. The molecule has 1 aromatic rings. The number of hydrogen-bond acceptors (Lipinski definition) is 3. The first-order chi connectivity index (χ1) is 7.72. The van der Waals surface area contributed by atoms with Crippen LogP contribution in [0.5, 0.6) is 0 Å². The molecular weight excluding hydrogens is 218 g/mol. The summed E-state index contributed by atoms with van der Waals surface area (Å²) in [6.45, 7) is 6.35. The molecule has 0 aliphatic heterocycles. The van der Waals surface area contributed by atoms with E-state index in [0.717, 1.165) is 17.9 Å². The molecule has 2 nitrogen and oxygen atoms in total. The molecule has 0 aliphatic rings. The summed E-state index contributed by atoms with van der Waals surface area (Å²) in [5.74, 6) is 6.57. The van der Waals surface area contributed by atoms with Crippen LogP contribution in [-0.4, -0.2) is 13.2 Å². The van der Waals surface area contributed by atoms with Crippen molar-refractivity contribution in [3.63, 3.8) is 0 Å². The fourth-order valence-corrected chi connectivity index (χ4v) is 1.97. The summed E-state index contributed by atoms with van der Waals surface area (Å²) in [6.07, 6.45) is 1.12. The van der Waals surface area contributed by atoms with Crippen molar-refractivity contribution in [2.75, 3.05) is 13.2 Å². The number of hydrogen-bond donors (Lipinski definition) is 1. The quantitative estimate of drug-likeness (QED) is 0.631. The molecule has 0 amide bonds. The summed E-state index contributed by atoms with van der Waals surface area (Å²) in [5, 5.41) is 0. The maximum atomic E-state index is 5.59. The van der Waals surface area contributed by atoms with Crippen LogP contribution in [0.25, 0.3) is 0 Å². The zero-order valence-electron chi connectivity index (χ0n) is 9.95. The van der Waals surface area contributed by atoms with Gasteiger partial charge in [-0.05, 0) is 24.5 Å². The molecule has 0 saturated heterocycles. The van der Waals surface area contributed by atoms with Gasteiger partial charge >= 0.3 is 0 Å². The molecule has 0 aromatic carbocycles. The van der Waals surface area contributed by atoms with Gasteiger partial charge in [0, 0.05) is 11.5 Å². The van der Waals surface area contributed by atoms with Crippen molar-refractivity contribution in [2.45, 2.75) is 26.9 Å². The average Bonchev–Trinajstić information content (AvgIpc) is 2.69. The highest BCUT2D eigenvalue weighted by atomic mass is 32.1. The van der Waals surface area contributed by atoms with Gasteiger partial charge < -0.3 is 10.5 Å². The molecule has 0 bridgehead atoms. The van der Waals surface area contributed by atoms with E-state index < -0.39 is 0 Å². The zero-order chi connectivity index (χ0) is 11.8. The molecule has 0 atom stereocenters. The Morgan fingerprint density at radius 2 is 2.25 bits per heavy atom. The molecule has 88 valence electrons. The largest absolute Gasteiger partial charge is 0.376 e.